The molecular formula is C13H20N2O6S2. The molecule has 0 unspecified atom stereocenters. The third-order valence-corrected chi connectivity index (χ3v) is 5.83. The summed E-state index contributed by atoms with van der Waals surface area (Å²) in [5, 5.41) is 0. The molecule has 0 saturated heterocycles. The molecule has 8 nitrogen and oxygen atoms in total. The predicted octanol–water partition coefficient (Wildman–Crippen LogP) is 0.163. The van der Waals surface area contributed by atoms with E-state index in [2.05, 4.69) is 4.72 Å². The first kappa shape index (κ1) is 17.8. The summed E-state index contributed by atoms with van der Waals surface area (Å²) in [5.41, 5.74) is 0.396. The summed E-state index contributed by atoms with van der Waals surface area (Å²) < 4.78 is 61.2. The lowest BCUT2D eigenvalue weighted by Crippen LogP contribution is -2.38. The summed E-state index contributed by atoms with van der Waals surface area (Å²) in [6, 6.07) is 4.81. The van der Waals surface area contributed by atoms with Crippen molar-refractivity contribution in [1.29, 1.82) is 0 Å². The van der Waals surface area contributed by atoms with Gasteiger partial charge in [-0.2, -0.15) is 0 Å². The summed E-state index contributed by atoms with van der Waals surface area (Å²) in [6.07, 6.45) is 1.07. The Bertz CT molecular complexity index is 761. The second-order valence-corrected chi connectivity index (χ2v) is 8.96. The fraction of sp³-hybridized carbons (Fsp3) is 0.538. The van der Waals surface area contributed by atoms with Crippen molar-refractivity contribution >= 4 is 25.7 Å². The van der Waals surface area contributed by atoms with Gasteiger partial charge in [0, 0.05) is 19.2 Å². The van der Waals surface area contributed by atoms with Crippen molar-refractivity contribution in [2.45, 2.75) is 6.92 Å². The minimum absolute atomic E-state index is 0.0162. The minimum atomic E-state index is -3.57. The van der Waals surface area contributed by atoms with Crippen LogP contribution >= 0.6 is 0 Å². The van der Waals surface area contributed by atoms with Crippen LogP contribution in [-0.2, 0) is 20.0 Å². The number of sulfonamides is 2. The van der Waals surface area contributed by atoms with E-state index in [1.807, 2.05) is 0 Å². The Morgan fingerprint density at radius 2 is 1.78 bits per heavy atom. The Labute approximate surface area is 136 Å². The Morgan fingerprint density at radius 3 is 2.39 bits per heavy atom. The number of hydrogen-bond donors (Lipinski definition) is 1. The monoisotopic (exact) mass is 364 g/mol. The lowest BCUT2D eigenvalue weighted by molar-refractivity contribution is 0.171. The van der Waals surface area contributed by atoms with Crippen LogP contribution in [0.3, 0.4) is 0 Å². The fourth-order valence-corrected chi connectivity index (χ4v) is 3.60. The molecule has 0 aromatic heterocycles. The number of hydrogen-bond acceptors (Lipinski definition) is 6. The molecule has 10 heteroatoms. The number of rotatable bonds is 7. The molecule has 0 fully saturated rings. The van der Waals surface area contributed by atoms with Crippen LogP contribution in [0.2, 0.25) is 0 Å². The fourth-order valence-electron chi connectivity index (χ4n) is 2.08. The van der Waals surface area contributed by atoms with E-state index in [0.717, 1.165) is 10.6 Å². The van der Waals surface area contributed by atoms with Crippen LogP contribution in [0.15, 0.2) is 18.2 Å². The molecule has 0 saturated carbocycles. The second kappa shape index (κ2) is 6.93. The zero-order chi connectivity index (χ0) is 17.1. The van der Waals surface area contributed by atoms with Gasteiger partial charge < -0.3 is 9.47 Å². The van der Waals surface area contributed by atoms with Gasteiger partial charge in [0.15, 0.2) is 11.5 Å². The highest BCUT2D eigenvalue weighted by atomic mass is 32.2. The topological polar surface area (TPSA) is 102 Å². The van der Waals surface area contributed by atoms with Crippen LogP contribution in [-0.4, -0.2) is 55.1 Å². The molecule has 0 atom stereocenters. The quantitative estimate of drug-likeness (QED) is 0.740. The summed E-state index contributed by atoms with van der Waals surface area (Å²) in [5.74, 6) is 0.965. The number of benzene rings is 1. The van der Waals surface area contributed by atoms with Crippen LogP contribution in [0.4, 0.5) is 5.69 Å². The molecule has 1 aliphatic rings. The van der Waals surface area contributed by atoms with Gasteiger partial charge in [-0.1, -0.05) is 0 Å². The lowest BCUT2D eigenvalue weighted by Gasteiger charge is -2.25. The second-order valence-electron chi connectivity index (χ2n) is 4.96. The van der Waals surface area contributed by atoms with Crippen molar-refractivity contribution in [1.82, 2.24) is 4.72 Å². The van der Waals surface area contributed by atoms with Gasteiger partial charge in [-0.25, -0.2) is 21.6 Å². The first-order valence-electron chi connectivity index (χ1n) is 7.07. The molecule has 1 aromatic rings. The average molecular weight is 364 g/mol. The first-order valence-corrected chi connectivity index (χ1v) is 10.6. The lowest BCUT2D eigenvalue weighted by atomic mass is 10.2. The molecule has 1 heterocycles. The molecule has 0 radical (unpaired) electrons. The average Bonchev–Trinajstić information content (AvgIpc) is 2.50. The standard InChI is InChI=1S/C13H20N2O6S2/c1-3-23(18,19)14-6-7-15(22(2,16)17)11-4-5-12-13(10-11)21-9-8-20-12/h4-5,10,14H,3,6-9H2,1-2H3. The van der Waals surface area contributed by atoms with Crippen molar-refractivity contribution in [3.05, 3.63) is 18.2 Å². The molecule has 1 aromatic carbocycles. The summed E-state index contributed by atoms with van der Waals surface area (Å²) >= 11 is 0. The van der Waals surface area contributed by atoms with Crippen molar-refractivity contribution in [3.63, 3.8) is 0 Å². The van der Waals surface area contributed by atoms with E-state index in [1.54, 1.807) is 18.2 Å². The predicted molar refractivity (Wildman–Crippen MR) is 87.1 cm³/mol. The zero-order valence-corrected chi connectivity index (χ0v) is 14.6. The largest absolute Gasteiger partial charge is 0.486 e. The highest BCUT2D eigenvalue weighted by Crippen LogP contribution is 2.34. The maximum Gasteiger partial charge on any atom is 0.232 e. The molecule has 1 aliphatic heterocycles. The maximum atomic E-state index is 12.0. The minimum Gasteiger partial charge on any atom is -0.486 e. The van der Waals surface area contributed by atoms with E-state index in [0.29, 0.717) is 30.4 Å². The van der Waals surface area contributed by atoms with E-state index in [1.165, 1.54) is 6.92 Å². The van der Waals surface area contributed by atoms with E-state index < -0.39 is 20.0 Å². The van der Waals surface area contributed by atoms with E-state index in [4.69, 9.17) is 9.47 Å². The molecule has 0 aliphatic carbocycles. The molecule has 0 bridgehead atoms. The first-order chi connectivity index (χ1) is 10.7. The molecule has 0 spiro atoms. The molecule has 2 rings (SSSR count). The molecular weight excluding hydrogens is 344 g/mol. The third-order valence-electron chi connectivity index (χ3n) is 3.23. The van der Waals surface area contributed by atoms with E-state index >= 15 is 0 Å². The SMILES string of the molecule is CCS(=O)(=O)NCCN(c1ccc2c(c1)OCCO2)S(C)(=O)=O. The molecule has 0 amide bonds. The molecule has 1 N–H and O–H groups in total. The number of anilines is 1. The third kappa shape index (κ3) is 4.72. The Balaban J connectivity index is 2.19. The summed E-state index contributed by atoms with van der Waals surface area (Å²) in [4.78, 5) is 0. The number of nitrogens with zero attached hydrogens (tertiary/aromatic N) is 1. The van der Waals surface area contributed by atoms with Crippen LogP contribution in [0.5, 0.6) is 11.5 Å². The van der Waals surface area contributed by atoms with E-state index in [-0.39, 0.29) is 18.8 Å². The highest BCUT2D eigenvalue weighted by Gasteiger charge is 2.21. The van der Waals surface area contributed by atoms with Crippen molar-refractivity contribution in [2.75, 3.05) is 42.6 Å². The van der Waals surface area contributed by atoms with Gasteiger partial charge in [0.1, 0.15) is 13.2 Å². The smallest absolute Gasteiger partial charge is 0.232 e. The van der Waals surface area contributed by atoms with Crippen molar-refractivity contribution in [2.24, 2.45) is 0 Å². The normalized spacial score (nSPS) is 14.5. The van der Waals surface area contributed by atoms with Crippen LogP contribution in [0.25, 0.3) is 0 Å². The number of nitrogens with one attached hydrogen (secondary N) is 1. The van der Waals surface area contributed by atoms with E-state index in [9.17, 15) is 16.8 Å². The molecule has 130 valence electrons. The van der Waals surface area contributed by atoms with Crippen LogP contribution < -0.4 is 18.5 Å². The maximum absolute atomic E-state index is 12.0. The van der Waals surface area contributed by atoms with Crippen molar-refractivity contribution in [3.8, 4) is 11.5 Å². The molecule has 23 heavy (non-hydrogen) atoms. The van der Waals surface area contributed by atoms with Gasteiger partial charge in [0.2, 0.25) is 20.0 Å². The number of fused-ring (bicyclic) bond motifs is 1. The van der Waals surface area contributed by atoms with Gasteiger partial charge in [0.05, 0.1) is 17.7 Å². The van der Waals surface area contributed by atoms with Gasteiger partial charge in [-0.3, -0.25) is 4.31 Å². The summed E-state index contributed by atoms with van der Waals surface area (Å²) in [6.45, 7) is 2.32. The van der Waals surface area contributed by atoms with Crippen LogP contribution in [0.1, 0.15) is 6.92 Å². The summed E-state index contributed by atoms with van der Waals surface area (Å²) in [7, 11) is -6.94. The van der Waals surface area contributed by atoms with Crippen molar-refractivity contribution < 1.29 is 26.3 Å². The Hall–Kier alpha value is -1.52. The Kier molecular flexibility index (Phi) is 5.37. The highest BCUT2D eigenvalue weighted by molar-refractivity contribution is 7.92. The van der Waals surface area contributed by atoms with Gasteiger partial charge >= 0.3 is 0 Å². The van der Waals surface area contributed by atoms with Gasteiger partial charge in [-0.15, -0.1) is 0 Å². The number of ether oxygens (including phenoxy) is 2. The van der Waals surface area contributed by atoms with Gasteiger partial charge in [-0.05, 0) is 19.1 Å². The van der Waals surface area contributed by atoms with Gasteiger partial charge in [0.25, 0.3) is 0 Å². The Morgan fingerprint density at radius 1 is 1.13 bits per heavy atom. The van der Waals surface area contributed by atoms with Crippen LogP contribution in [0, 0.1) is 0 Å². The zero-order valence-electron chi connectivity index (χ0n) is 13.0.